The highest BCUT2D eigenvalue weighted by Crippen LogP contribution is 2.23. The van der Waals surface area contributed by atoms with Crippen LogP contribution in [0.1, 0.15) is 22.3 Å². The number of hydrogen-bond donors (Lipinski definition) is 0. The molecule has 0 unspecified atom stereocenters. The van der Waals surface area contributed by atoms with E-state index in [4.69, 9.17) is 0 Å². The lowest BCUT2D eigenvalue weighted by molar-refractivity contribution is -0.645. The molecule has 3 nitrogen and oxygen atoms in total. The van der Waals surface area contributed by atoms with Crippen LogP contribution in [0.5, 0.6) is 0 Å². The summed E-state index contributed by atoms with van der Waals surface area (Å²) in [5, 5.41) is 9.29. The molecule has 21 heavy (non-hydrogen) atoms. The van der Waals surface area contributed by atoms with E-state index in [-0.39, 0.29) is 0 Å². The Bertz CT molecular complexity index is 872. The quantitative estimate of drug-likeness (QED) is 0.628. The van der Waals surface area contributed by atoms with E-state index in [0.717, 1.165) is 16.7 Å². The second-order valence-electron chi connectivity index (χ2n) is 5.59. The van der Waals surface area contributed by atoms with Gasteiger partial charge in [0.15, 0.2) is 11.0 Å². The first-order valence-electron chi connectivity index (χ1n) is 7.01. The van der Waals surface area contributed by atoms with Crippen molar-refractivity contribution in [2.24, 2.45) is 7.05 Å². The molecule has 3 heteroatoms. The molecule has 1 heterocycles. The maximum Gasteiger partial charge on any atom is 0.249 e. The first kappa shape index (κ1) is 13.4. The van der Waals surface area contributed by atoms with Crippen molar-refractivity contribution in [3.63, 3.8) is 0 Å². The molecule has 3 rings (SSSR count). The summed E-state index contributed by atoms with van der Waals surface area (Å²) in [4.78, 5) is 0. The minimum Gasteiger partial charge on any atom is -0.231 e. The molecule has 0 radical (unpaired) electrons. The van der Waals surface area contributed by atoms with Gasteiger partial charge in [-0.2, -0.15) is 9.83 Å². The number of fused-ring (bicyclic) bond motifs is 1. The van der Waals surface area contributed by atoms with Gasteiger partial charge in [0.05, 0.1) is 7.05 Å². The SMILES string of the molecule is Cc1cc(-n2c[n+](C)c3c(C#N)cccc32)cc(C)c1C. The first-order valence-corrected chi connectivity index (χ1v) is 7.01. The molecule has 0 spiro atoms. The topological polar surface area (TPSA) is 32.6 Å². The second kappa shape index (κ2) is 4.75. The summed E-state index contributed by atoms with van der Waals surface area (Å²) in [6, 6.07) is 12.5. The smallest absolute Gasteiger partial charge is 0.231 e. The number of rotatable bonds is 1. The van der Waals surface area contributed by atoms with Crippen LogP contribution in [0.25, 0.3) is 16.7 Å². The molecule has 0 fully saturated rings. The van der Waals surface area contributed by atoms with E-state index >= 15 is 0 Å². The van der Waals surface area contributed by atoms with Gasteiger partial charge < -0.3 is 0 Å². The number of hydrogen-bond acceptors (Lipinski definition) is 1. The molecule has 1 aromatic heterocycles. The van der Waals surface area contributed by atoms with Crippen molar-refractivity contribution in [2.75, 3.05) is 0 Å². The highest BCUT2D eigenvalue weighted by atomic mass is 15.1. The van der Waals surface area contributed by atoms with Crippen LogP contribution in [0, 0.1) is 32.1 Å². The van der Waals surface area contributed by atoms with Crippen LogP contribution in [-0.2, 0) is 7.05 Å². The Morgan fingerprint density at radius 2 is 1.76 bits per heavy atom. The number of nitrogens with zero attached hydrogens (tertiary/aromatic N) is 3. The van der Waals surface area contributed by atoms with Gasteiger partial charge in [-0.05, 0) is 61.7 Å². The van der Waals surface area contributed by atoms with Crippen LogP contribution in [0.2, 0.25) is 0 Å². The van der Waals surface area contributed by atoms with Gasteiger partial charge in [-0.15, -0.1) is 0 Å². The normalized spacial score (nSPS) is 10.8. The molecule has 0 atom stereocenters. The standard InChI is InChI=1S/C18H18N3/c1-12-8-16(9-13(2)14(12)3)21-11-20(4)18-15(10-19)6-5-7-17(18)21/h5-9,11H,1-4H3/q+1. The van der Waals surface area contributed by atoms with Crippen molar-refractivity contribution in [2.45, 2.75) is 20.8 Å². The molecule has 0 saturated heterocycles. The molecule has 0 aliphatic heterocycles. The van der Waals surface area contributed by atoms with Gasteiger partial charge in [-0.25, -0.2) is 4.57 Å². The summed E-state index contributed by atoms with van der Waals surface area (Å²) in [5.74, 6) is 0. The fourth-order valence-corrected chi connectivity index (χ4v) is 2.84. The minimum atomic E-state index is 0.703. The molecule has 0 N–H and O–H groups in total. The zero-order chi connectivity index (χ0) is 15.1. The van der Waals surface area contributed by atoms with Crippen LogP contribution in [-0.4, -0.2) is 4.57 Å². The van der Waals surface area contributed by atoms with E-state index < -0.39 is 0 Å². The zero-order valence-electron chi connectivity index (χ0n) is 12.8. The molecule has 0 amide bonds. The van der Waals surface area contributed by atoms with Gasteiger partial charge in [-0.1, -0.05) is 6.07 Å². The largest absolute Gasteiger partial charge is 0.249 e. The summed E-state index contributed by atoms with van der Waals surface area (Å²) >= 11 is 0. The third-order valence-electron chi connectivity index (χ3n) is 4.23. The van der Waals surface area contributed by atoms with Gasteiger partial charge in [0.25, 0.3) is 0 Å². The molecule has 0 aliphatic carbocycles. The van der Waals surface area contributed by atoms with Gasteiger partial charge in [0.2, 0.25) is 6.33 Å². The van der Waals surface area contributed by atoms with Crippen LogP contribution < -0.4 is 4.57 Å². The predicted molar refractivity (Wildman–Crippen MR) is 83.4 cm³/mol. The summed E-state index contributed by atoms with van der Waals surface area (Å²) < 4.78 is 4.16. The lowest BCUT2D eigenvalue weighted by atomic mass is 10.0. The van der Waals surface area contributed by atoms with Gasteiger partial charge >= 0.3 is 0 Å². The Morgan fingerprint density at radius 1 is 1.10 bits per heavy atom. The van der Waals surface area contributed by atoms with E-state index in [1.807, 2.05) is 30.1 Å². The molecule has 0 aliphatic rings. The summed E-state index contributed by atoms with van der Waals surface area (Å²) in [6.45, 7) is 6.42. The second-order valence-corrected chi connectivity index (χ2v) is 5.59. The van der Waals surface area contributed by atoms with Crippen LogP contribution >= 0.6 is 0 Å². The maximum atomic E-state index is 9.29. The fraction of sp³-hybridized carbons (Fsp3) is 0.222. The van der Waals surface area contributed by atoms with E-state index in [2.05, 4.69) is 49.6 Å². The predicted octanol–water partition coefficient (Wildman–Crippen LogP) is 3.25. The molecular formula is C18H18N3+. The third kappa shape index (κ3) is 2.00. The molecule has 104 valence electrons. The highest BCUT2D eigenvalue weighted by molar-refractivity contribution is 5.80. The number of nitriles is 1. The summed E-state index contributed by atoms with van der Waals surface area (Å²) in [6.07, 6.45) is 2.04. The van der Waals surface area contributed by atoms with Crippen molar-refractivity contribution >= 4 is 11.0 Å². The third-order valence-corrected chi connectivity index (χ3v) is 4.23. The molecule has 0 bridgehead atoms. The summed E-state index contributed by atoms with van der Waals surface area (Å²) in [7, 11) is 1.98. The number of aryl methyl sites for hydroxylation is 3. The minimum absolute atomic E-state index is 0.703. The van der Waals surface area contributed by atoms with E-state index in [9.17, 15) is 5.26 Å². The van der Waals surface area contributed by atoms with Crippen molar-refractivity contribution in [1.82, 2.24) is 4.57 Å². The fourth-order valence-electron chi connectivity index (χ4n) is 2.84. The highest BCUT2D eigenvalue weighted by Gasteiger charge is 2.18. The Hall–Kier alpha value is -2.60. The van der Waals surface area contributed by atoms with Crippen molar-refractivity contribution in [1.29, 1.82) is 5.26 Å². The lowest BCUT2D eigenvalue weighted by Crippen LogP contribution is -2.26. The van der Waals surface area contributed by atoms with Gasteiger partial charge in [0, 0.05) is 0 Å². The molecule has 3 aromatic rings. The van der Waals surface area contributed by atoms with Gasteiger partial charge in [0.1, 0.15) is 17.3 Å². The Balaban J connectivity index is 2.35. The van der Waals surface area contributed by atoms with Crippen LogP contribution in [0.15, 0.2) is 36.7 Å². The lowest BCUT2D eigenvalue weighted by Gasteiger charge is -2.06. The monoisotopic (exact) mass is 276 g/mol. The molecule has 2 aromatic carbocycles. The average Bonchev–Trinajstić information content (AvgIpc) is 2.82. The van der Waals surface area contributed by atoms with Crippen LogP contribution in [0.4, 0.5) is 0 Å². The van der Waals surface area contributed by atoms with Crippen molar-refractivity contribution in [3.8, 4) is 11.8 Å². The number of benzene rings is 2. The molecular weight excluding hydrogens is 258 g/mol. The zero-order valence-corrected chi connectivity index (χ0v) is 12.8. The number of para-hydroxylation sites is 1. The van der Waals surface area contributed by atoms with E-state index in [1.54, 1.807) is 0 Å². The molecule has 0 saturated carbocycles. The Labute approximate surface area is 124 Å². The van der Waals surface area contributed by atoms with Gasteiger partial charge in [-0.3, -0.25) is 0 Å². The van der Waals surface area contributed by atoms with E-state index in [0.29, 0.717) is 5.56 Å². The first-order chi connectivity index (χ1) is 10.0. The number of imidazole rings is 1. The van der Waals surface area contributed by atoms with E-state index in [1.165, 1.54) is 16.7 Å². The summed E-state index contributed by atoms with van der Waals surface area (Å²) in [5.41, 5.74) is 7.76. The maximum absolute atomic E-state index is 9.29. The van der Waals surface area contributed by atoms with Crippen molar-refractivity contribution < 1.29 is 4.57 Å². The Morgan fingerprint density at radius 3 is 2.38 bits per heavy atom. The van der Waals surface area contributed by atoms with Crippen molar-refractivity contribution in [3.05, 3.63) is 58.9 Å². The van der Waals surface area contributed by atoms with Crippen LogP contribution in [0.3, 0.4) is 0 Å². The number of aromatic nitrogens is 2. The Kier molecular flexibility index (Phi) is 3.03. The average molecular weight is 276 g/mol.